The number of rotatable bonds is 0. The van der Waals surface area contributed by atoms with Gasteiger partial charge in [0, 0.05) is 18.3 Å². The van der Waals surface area contributed by atoms with E-state index in [9.17, 15) is 4.79 Å². The summed E-state index contributed by atoms with van der Waals surface area (Å²) < 4.78 is 5.69. The fourth-order valence-corrected chi connectivity index (χ4v) is 2.63. The van der Waals surface area contributed by atoms with Gasteiger partial charge in [-0.15, -0.1) is 0 Å². The summed E-state index contributed by atoms with van der Waals surface area (Å²) >= 11 is 0. The third-order valence-electron chi connectivity index (χ3n) is 3.99. The highest BCUT2D eigenvalue weighted by Crippen LogP contribution is 2.30. The van der Waals surface area contributed by atoms with Crippen molar-refractivity contribution in [1.82, 2.24) is 4.90 Å². The van der Waals surface area contributed by atoms with Crippen LogP contribution in [0.5, 0.6) is 0 Å². The number of benzene rings is 2. The number of amides is 1. The number of nitrogens with zero attached hydrogens (tertiary/aromatic N) is 1. The summed E-state index contributed by atoms with van der Waals surface area (Å²) in [6.07, 6.45) is 0. The summed E-state index contributed by atoms with van der Waals surface area (Å²) in [5, 5.41) is 1.92. The number of nitrogens with two attached hydrogens (primary N) is 1. The minimum Gasteiger partial charge on any atom is -0.398 e. The molecule has 0 bridgehead atoms. The lowest BCUT2D eigenvalue weighted by Crippen LogP contribution is -2.40. The normalized spacial score (nSPS) is 19.6. The van der Waals surface area contributed by atoms with Crippen LogP contribution in [0.1, 0.15) is 22.8 Å². The van der Waals surface area contributed by atoms with Gasteiger partial charge in [-0.3, -0.25) is 4.79 Å². The molecule has 0 saturated carbocycles. The second-order valence-corrected chi connectivity index (χ2v) is 5.32. The minimum atomic E-state index is 0.0132. The van der Waals surface area contributed by atoms with Gasteiger partial charge in [-0.05, 0) is 23.8 Å². The molecule has 0 unspecified atom stereocenters. The molecule has 2 aromatic rings. The topological polar surface area (TPSA) is 55.6 Å². The Bertz CT molecular complexity index is 681. The Labute approximate surface area is 118 Å². The molecule has 1 heterocycles. The average molecular weight is 270 g/mol. The van der Waals surface area contributed by atoms with E-state index in [1.807, 2.05) is 44.3 Å². The molecule has 0 saturated heterocycles. The standard InChI is InChI=1S/C16H18N2O2/c1-10-8-20-9-13-14(17)7-11-5-3-4-6-12(11)15(13)16(19)18(10)2/h3-7,10H,8-9,17H2,1-2H3/t10-/m0/s1. The summed E-state index contributed by atoms with van der Waals surface area (Å²) in [5.41, 5.74) is 8.21. The molecule has 4 heteroatoms. The van der Waals surface area contributed by atoms with Crippen LogP contribution in [0.2, 0.25) is 0 Å². The summed E-state index contributed by atoms with van der Waals surface area (Å²) in [6, 6.07) is 9.79. The van der Waals surface area contributed by atoms with Gasteiger partial charge >= 0.3 is 0 Å². The average Bonchev–Trinajstić information content (AvgIpc) is 2.45. The van der Waals surface area contributed by atoms with Crippen molar-refractivity contribution in [3.05, 3.63) is 41.5 Å². The van der Waals surface area contributed by atoms with E-state index in [0.717, 1.165) is 16.3 Å². The monoisotopic (exact) mass is 270 g/mol. The van der Waals surface area contributed by atoms with Crippen molar-refractivity contribution in [2.24, 2.45) is 0 Å². The van der Waals surface area contributed by atoms with Crippen molar-refractivity contribution in [3.8, 4) is 0 Å². The van der Waals surface area contributed by atoms with Crippen LogP contribution >= 0.6 is 0 Å². The number of ether oxygens (including phenoxy) is 1. The lowest BCUT2D eigenvalue weighted by Gasteiger charge is -2.29. The second-order valence-electron chi connectivity index (χ2n) is 5.32. The molecule has 2 N–H and O–H groups in total. The Balaban J connectivity index is 2.31. The van der Waals surface area contributed by atoms with Crippen molar-refractivity contribution in [3.63, 3.8) is 0 Å². The van der Waals surface area contributed by atoms with Crippen molar-refractivity contribution in [1.29, 1.82) is 0 Å². The second kappa shape index (κ2) is 4.80. The molecule has 2 aromatic carbocycles. The molecule has 1 aliphatic heterocycles. The van der Waals surface area contributed by atoms with Gasteiger partial charge in [0.2, 0.25) is 0 Å². The van der Waals surface area contributed by atoms with Crippen LogP contribution in [0.3, 0.4) is 0 Å². The predicted octanol–water partition coefficient (Wildman–Crippen LogP) is 2.41. The van der Waals surface area contributed by atoms with Crippen molar-refractivity contribution >= 4 is 22.4 Å². The Morgan fingerprint density at radius 2 is 2.10 bits per heavy atom. The molecule has 0 spiro atoms. The Morgan fingerprint density at radius 1 is 1.35 bits per heavy atom. The van der Waals surface area contributed by atoms with Gasteiger partial charge in [0.05, 0.1) is 24.8 Å². The largest absolute Gasteiger partial charge is 0.398 e. The number of hydrogen-bond donors (Lipinski definition) is 1. The van der Waals surface area contributed by atoms with Gasteiger partial charge in [-0.25, -0.2) is 0 Å². The van der Waals surface area contributed by atoms with Crippen LogP contribution in [0.4, 0.5) is 5.69 Å². The van der Waals surface area contributed by atoms with Gasteiger partial charge in [0.15, 0.2) is 0 Å². The first-order valence-electron chi connectivity index (χ1n) is 6.74. The molecule has 104 valence electrons. The van der Waals surface area contributed by atoms with Crippen LogP contribution in [0.15, 0.2) is 30.3 Å². The van der Waals surface area contributed by atoms with E-state index in [1.54, 1.807) is 4.90 Å². The Kier molecular flexibility index (Phi) is 3.10. The molecule has 1 aliphatic rings. The molecule has 3 rings (SSSR count). The van der Waals surface area contributed by atoms with Gasteiger partial charge in [-0.1, -0.05) is 24.3 Å². The smallest absolute Gasteiger partial charge is 0.254 e. The molecule has 20 heavy (non-hydrogen) atoms. The molecular weight excluding hydrogens is 252 g/mol. The molecule has 0 aromatic heterocycles. The van der Waals surface area contributed by atoms with Crippen LogP contribution < -0.4 is 5.73 Å². The number of likely N-dealkylation sites (N-methyl/N-ethyl adjacent to an activating group) is 1. The fraction of sp³-hybridized carbons (Fsp3) is 0.312. The zero-order chi connectivity index (χ0) is 14.3. The third kappa shape index (κ3) is 1.93. The molecule has 0 radical (unpaired) electrons. The van der Waals surface area contributed by atoms with Gasteiger partial charge in [0.25, 0.3) is 5.91 Å². The van der Waals surface area contributed by atoms with Crippen molar-refractivity contribution in [2.45, 2.75) is 19.6 Å². The number of fused-ring (bicyclic) bond motifs is 3. The number of carbonyl (C=O) groups excluding carboxylic acids is 1. The molecule has 0 aliphatic carbocycles. The highest BCUT2D eigenvalue weighted by molar-refractivity contribution is 6.10. The lowest BCUT2D eigenvalue weighted by atomic mass is 9.95. The van der Waals surface area contributed by atoms with E-state index in [4.69, 9.17) is 10.5 Å². The van der Waals surface area contributed by atoms with E-state index in [0.29, 0.717) is 24.5 Å². The van der Waals surface area contributed by atoms with Crippen LogP contribution in [-0.2, 0) is 11.3 Å². The van der Waals surface area contributed by atoms with Crippen LogP contribution in [0, 0.1) is 0 Å². The fourth-order valence-electron chi connectivity index (χ4n) is 2.63. The SMILES string of the molecule is C[C@H]1COCc2c(N)cc3ccccc3c2C(=O)N1C. The van der Waals surface area contributed by atoms with Gasteiger partial charge in [-0.2, -0.15) is 0 Å². The number of hydrogen-bond acceptors (Lipinski definition) is 3. The molecular formula is C16H18N2O2. The molecule has 4 nitrogen and oxygen atoms in total. The summed E-state index contributed by atoms with van der Waals surface area (Å²) in [5.74, 6) is 0.0132. The lowest BCUT2D eigenvalue weighted by molar-refractivity contribution is 0.0440. The maximum Gasteiger partial charge on any atom is 0.254 e. The highest BCUT2D eigenvalue weighted by atomic mass is 16.5. The van der Waals surface area contributed by atoms with Crippen molar-refractivity contribution in [2.75, 3.05) is 19.4 Å². The predicted molar refractivity (Wildman–Crippen MR) is 79.6 cm³/mol. The summed E-state index contributed by atoms with van der Waals surface area (Å²) in [4.78, 5) is 14.5. The maximum atomic E-state index is 12.8. The van der Waals surface area contributed by atoms with Gasteiger partial charge < -0.3 is 15.4 Å². The Morgan fingerprint density at radius 3 is 2.90 bits per heavy atom. The zero-order valence-electron chi connectivity index (χ0n) is 11.7. The number of nitrogen functional groups attached to an aromatic ring is 1. The van der Waals surface area contributed by atoms with E-state index in [2.05, 4.69) is 0 Å². The van der Waals surface area contributed by atoms with Gasteiger partial charge in [0.1, 0.15) is 0 Å². The zero-order valence-corrected chi connectivity index (χ0v) is 11.7. The maximum absolute atomic E-state index is 12.8. The number of carbonyl (C=O) groups is 1. The number of anilines is 1. The first kappa shape index (κ1) is 12.9. The molecule has 1 atom stereocenters. The van der Waals surface area contributed by atoms with E-state index in [1.165, 1.54) is 0 Å². The van der Waals surface area contributed by atoms with Crippen LogP contribution in [-0.4, -0.2) is 30.5 Å². The van der Waals surface area contributed by atoms with E-state index < -0.39 is 0 Å². The summed E-state index contributed by atoms with van der Waals surface area (Å²) in [7, 11) is 1.81. The van der Waals surface area contributed by atoms with E-state index >= 15 is 0 Å². The van der Waals surface area contributed by atoms with Crippen LogP contribution in [0.25, 0.3) is 10.8 Å². The highest BCUT2D eigenvalue weighted by Gasteiger charge is 2.26. The molecule has 1 amide bonds. The first-order valence-corrected chi connectivity index (χ1v) is 6.74. The molecule has 0 fully saturated rings. The quantitative estimate of drug-likeness (QED) is 0.748. The van der Waals surface area contributed by atoms with E-state index in [-0.39, 0.29) is 11.9 Å². The first-order chi connectivity index (χ1) is 9.59. The summed E-state index contributed by atoms with van der Waals surface area (Å²) in [6.45, 7) is 2.89. The Hall–Kier alpha value is -2.07. The minimum absolute atomic E-state index is 0.0132. The third-order valence-corrected chi connectivity index (χ3v) is 3.99. The van der Waals surface area contributed by atoms with Crippen molar-refractivity contribution < 1.29 is 9.53 Å².